The van der Waals surface area contributed by atoms with E-state index in [2.05, 4.69) is 20.5 Å². The highest BCUT2D eigenvalue weighted by Crippen LogP contribution is 2.30. The van der Waals surface area contributed by atoms with E-state index < -0.39 is 0 Å². The molecule has 5 rings (SSSR count). The van der Waals surface area contributed by atoms with Crippen molar-refractivity contribution in [1.82, 2.24) is 19.7 Å². The van der Waals surface area contributed by atoms with Gasteiger partial charge < -0.3 is 10.1 Å². The van der Waals surface area contributed by atoms with Crippen LogP contribution in [0.1, 0.15) is 0 Å². The Balaban J connectivity index is 1.55. The van der Waals surface area contributed by atoms with E-state index in [0.717, 1.165) is 38.9 Å². The van der Waals surface area contributed by atoms with Crippen LogP contribution >= 0.6 is 11.6 Å². The number of imidazole rings is 1. The summed E-state index contributed by atoms with van der Waals surface area (Å²) in [6.07, 6.45) is 1.80. The zero-order valence-corrected chi connectivity index (χ0v) is 16.3. The van der Waals surface area contributed by atoms with E-state index in [1.807, 2.05) is 71.3 Å². The van der Waals surface area contributed by atoms with Crippen LogP contribution < -0.4 is 10.1 Å². The van der Waals surface area contributed by atoms with Crippen molar-refractivity contribution in [2.75, 3.05) is 12.4 Å². The molecular formula is C22H16ClN5O. The molecule has 142 valence electrons. The van der Waals surface area contributed by atoms with Gasteiger partial charge in [-0.2, -0.15) is 0 Å². The summed E-state index contributed by atoms with van der Waals surface area (Å²) in [6, 6.07) is 21.6. The summed E-state index contributed by atoms with van der Waals surface area (Å²) in [5.74, 6) is 1.44. The van der Waals surface area contributed by atoms with Crippen LogP contribution in [0.2, 0.25) is 5.15 Å². The highest BCUT2D eigenvalue weighted by Gasteiger charge is 2.11. The number of fused-ring (bicyclic) bond motifs is 2. The topological polar surface area (TPSA) is 64.9 Å². The number of benzene rings is 3. The van der Waals surface area contributed by atoms with Crippen molar-refractivity contribution in [3.8, 4) is 11.4 Å². The van der Waals surface area contributed by atoms with E-state index in [4.69, 9.17) is 16.3 Å². The number of nitrogens with one attached hydrogen (secondary N) is 1. The fourth-order valence-corrected chi connectivity index (χ4v) is 3.61. The Morgan fingerprint density at radius 2 is 1.72 bits per heavy atom. The molecule has 0 aliphatic carbocycles. The van der Waals surface area contributed by atoms with Crippen molar-refractivity contribution < 1.29 is 4.74 Å². The number of anilines is 2. The standard InChI is InChI=1S/C22H16ClN5O/c1-29-20-9-5-4-8-19(20)28-13-24-17-12-14(10-11-18(17)28)25-22-16-7-3-2-6-15(16)21(23)26-27-22/h2-13H,1H3,(H,25,27). The minimum atomic E-state index is 0.386. The van der Waals surface area contributed by atoms with E-state index in [9.17, 15) is 0 Å². The first kappa shape index (κ1) is 17.5. The van der Waals surface area contributed by atoms with E-state index in [1.165, 1.54) is 0 Å². The monoisotopic (exact) mass is 401 g/mol. The van der Waals surface area contributed by atoms with Crippen LogP contribution in [0.25, 0.3) is 27.5 Å². The molecule has 3 aromatic carbocycles. The first-order valence-corrected chi connectivity index (χ1v) is 9.41. The largest absolute Gasteiger partial charge is 0.495 e. The number of rotatable bonds is 4. The Kier molecular flexibility index (Phi) is 4.26. The van der Waals surface area contributed by atoms with Crippen LogP contribution in [0.15, 0.2) is 73.1 Å². The Morgan fingerprint density at radius 3 is 2.59 bits per heavy atom. The zero-order chi connectivity index (χ0) is 19.8. The van der Waals surface area contributed by atoms with E-state index >= 15 is 0 Å². The van der Waals surface area contributed by atoms with E-state index in [0.29, 0.717) is 11.0 Å². The van der Waals surface area contributed by atoms with Crippen molar-refractivity contribution in [1.29, 1.82) is 0 Å². The number of nitrogens with zero attached hydrogens (tertiary/aromatic N) is 4. The summed E-state index contributed by atoms with van der Waals surface area (Å²) in [7, 11) is 1.66. The summed E-state index contributed by atoms with van der Waals surface area (Å²) < 4.78 is 7.49. The Labute approximate surface area is 171 Å². The lowest BCUT2D eigenvalue weighted by Crippen LogP contribution is -1.98. The number of para-hydroxylation sites is 2. The van der Waals surface area contributed by atoms with Crippen LogP contribution in [-0.4, -0.2) is 26.9 Å². The van der Waals surface area contributed by atoms with Crippen molar-refractivity contribution in [3.63, 3.8) is 0 Å². The molecule has 0 aliphatic heterocycles. The third-order valence-electron chi connectivity index (χ3n) is 4.80. The molecule has 6 nitrogen and oxygen atoms in total. The van der Waals surface area contributed by atoms with Crippen molar-refractivity contribution in [3.05, 3.63) is 78.2 Å². The molecule has 0 saturated carbocycles. The molecule has 7 heteroatoms. The molecule has 0 amide bonds. The van der Waals surface area contributed by atoms with Gasteiger partial charge in [-0.05, 0) is 30.3 Å². The molecule has 0 fully saturated rings. The molecule has 0 radical (unpaired) electrons. The second kappa shape index (κ2) is 7.07. The first-order chi connectivity index (χ1) is 14.2. The fourth-order valence-electron chi connectivity index (χ4n) is 3.41. The van der Waals surface area contributed by atoms with Crippen molar-refractivity contribution in [2.45, 2.75) is 0 Å². The lowest BCUT2D eigenvalue weighted by atomic mass is 10.2. The molecule has 0 aliphatic rings. The molecule has 29 heavy (non-hydrogen) atoms. The quantitative estimate of drug-likeness (QED) is 0.438. The maximum Gasteiger partial charge on any atom is 0.161 e. The Bertz CT molecular complexity index is 1350. The Morgan fingerprint density at radius 1 is 0.931 bits per heavy atom. The van der Waals surface area contributed by atoms with Gasteiger partial charge in [-0.3, -0.25) is 4.57 Å². The summed E-state index contributed by atoms with van der Waals surface area (Å²) in [4.78, 5) is 4.56. The van der Waals surface area contributed by atoms with Crippen LogP contribution in [0.3, 0.4) is 0 Å². The van der Waals surface area contributed by atoms with Gasteiger partial charge in [-0.1, -0.05) is 48.0 Å². The molecule has 0 atom stereocenters. The normalized spacial score (nSPS) is 11.1. The molecular weight excluding hydrogens is 386 g/mol. The smallest absolute Gasteiger partial charge is 0.161 e. The molecule has 0 bridgehead atoms. The lowest BCUT2D eigenvalue weighted by Gasteiger charge is -2.11. The minimum Gasteiger partial charge on any atom is -0.495 e. The van der Waals surface area contributed by atoms with Gasteiger partial charge in [0, 0.05) is 16.5 Å². The second-order valence-corrected chi connectivity index (χ2v) is 6.86. The van der Waals surface area contributed by atoms with Crippen LogP contribution in [-0.2, 0) is 0 Å². The highest BCUT2D eigenvalue weighted by atomic mass is 35.5. The molecule has 0 spiro atoms. The SMILES string of the molecule is COc1ccccc1-n1cnc2cc(Nc3nnc(Cl)c4ccccc34)ccc21. The van der Waals surface area contributed by atoms with Crippen molar-refractivity contribution >= 4 is 44.9 Å². The summed E-state index contributed by atoms with van der Waals surface area (Å²) in [5, 5.41) is 13.8. The molecule has 5 aromatic rings. The van der Waals surface area contributed by atoms with E-state index in [-0.39, 0.29) is 0 Å². The highest BCUT2D eigenvalue weighted by molar-refractivity contribution is 6.34. The van der Waals surface area contributed by atoms with Crippen LogP contribution in [0.4, 0.5) is 11.5 Å². The van der Waals surface area contributed by atoms with Crippen LogP contribution in [0.5, 0.6) is 5.75 Å². The number of ether oxygens (including phenoxy) is 1. The Hall–Kier alpha value is -3.64. The number of hydrogen-bond acceptors (Lipinski definition) is 5. The van der Waals surface area contributed by atoms with Crippen molar-refractivity contribution in [2.24, 2.45) is 0 Å². The van der Waals surface area contributed by atoms with Gasteiger partial charge in [0.05, 0.1) is 23.8 Å². The van der Waals surface area contributed by atoms with Gasteiger partial charge in [0.15, 0.2) is 11.0 Å². The number of methoxy groups -OCH3 is 1. The third kappa shape index (κ3) is 3.03. The summed E-state index contributed by atoms with van der Waals surface area (Å²) >= 11 is 6.17. The zero-order valence-electron chi connectivity index (χ0n) is 15.5. The predicted molar refractivity (Wildman–Crippen MR) is 115 cm³/mol. The maximum atomic E-state index is 6.17. The summed E-state index contributed by atoms with van der Waals surface area (Å²) in [6.45, 7) is 0. The molecule has 2 aromatic heterocycles. The maximum absolute atomic E-state index is 6.17. The molecule has 1 N–H and O–H groups in total. The van der Waals surface area contributed by atoms with Gasteiger partial charge in [0.1, 0.15) is 12.1 Å². The lowest BCUT2D eigenvalue weighted by molar-refractivity contribution is 0.413. The predicted octanol–water partition coefficient (Wildman–Crippen LogP) is 5.37. The third-order valence-corrected chi connectivity index (χ3v) is 5.08. The number of halogens is 1. The molecule has 2 heterocycles. The second-order valence-electron chi connectivity index (χ2n) is 6.50. The average Bonchev–Trinajstić information content (AvgIpc) is 3.19. The minimum absolute atomic E-state index is 0.386. The average molecular weight is 402 g/mol. The van der Waals surface area contributed by atoms with Gasteiger partial charge >= 0.3 is 0 Å². The molecule has 0 saturated heterocycles. The number of hydrogen-bond donors (Lipinski definition) is 1. The van der Waals surface area contributed by atoms with Crippen LogP contribution in [0, 0.1) is 0 Å². The fraction of sp³-hybridized carbons (Fsp3) is 0.0455. The summed E-state index contributed by atoms with van der Waals surface area (Å²) in [5.41, 5.74) is 3.64. The van der Waals surface area contributed by atoms with E-state index in [1.54, 1.807) is 13.4 Å². The molecule has 0 unspecified atom stereocenters. The first-order valence-electron chi connectivity index (χ1n) is 9.03. The van der Waals surface area contributed by atoms with Gasteiger partial charge in [-0.15, -0.1) is 10.2 Å². The van der Waals surface area contributed by atoms with Gasteiger partial charge in [0.2, 0.25) is 0 Å². The number of aromatic nitrogens is 4. The van der Waals surface area contributed by atoms with Gasteiger partial charge in [-0.25, -0.2) is 4.98 Å². The van der Waals surface area contributed by atoms with Gasteiger partial charge in [0.25, 0.3) is 0 Å².